The number of carbonyl (C=O) groups is 2. The van der Waals surface area contributed by atoms with E-state index in [1.807, 2.05) is 38.1 Å². The number of ether oxygens (including phenoxy) is 1. The molecule has 0 unspecified atom stereocenters. The Morgan fingerprint density at radius 3 is 2.35 bits per heavy atom. The van der Waals surface area contributed by atoms with Crippen molar-refractivity contribution in [1.29, 1.82) is 5.26 Å². The van der Waals surface area contributed by atoms with Gasteiger partial charge in [0.2, 0.25) is 0 Å². The SMILES string of the molecule is Cc1ccc(NC(=O)COc2ccc(/C=C(\C#N)C(=O)Nc3ccc(O)cc3)cc2Br)cc1C. The number of hydrogen-bond donors (Lipinski definition) is 3. The minimum atomic E-state index is -0.576. The molecular formula is C26H22BrN3O4. The second kappa shape index (κ2) is 11.2. The number of nitriles is 1. The lowest BCUT2D eigenvalue weighted by atomic mass is 10.1. The molecule has 2 amide bonds. The van der Waals surface area contributed by atoms with Crippen molar-refractivity contribution in [2.75, 3.05) is 17.2 Å². The molecule has 0 spiro atoms. The molecule has 3 aromatic carbocycles. The molecular weight excluding hydrogens is 498 g/mol. The third kappa shape index (κ3) is 6.70. The first-order chi connectivity index (χ1) is 16.2. The number of amides is 2. The van der Waals surface area contributed by atoms with Gasteiger partial charge in [-0.3, -0.25) is 9.59 Å². The monoisotopic (exact) mass is 519 g/mol. The molecule has 3 N–H and O–H groups in total. The van der Waals surface area contributed by atoms with E-state index >= 15 is 0 Å². The van der Waals surface area contributed by atoms with E-state index in [0.717, 1.165) is 11.1 Å². The lowest BCUT2D eigenvalue weighted by Gasteiger charge is -2.11. The van der Waals surface area contributed by atoms with Gasteiger partial charge in [0.15, 0.2) is 6.61 Å². The van der Waals surface area contributed by atoms with E-state index in [0.29, 0.717) is 27.2 Å². The fourth-order valence-electron chi connectivity index (χ4n) is 2.94. The first kappa shape index (κ1) is 24.6. The average Bonchev–Trinajstić information content (AvgIpc) is 2.80. The lowest BCUT2D eigenvalue weighted by Crippen LogP contribution is -2.20. The van der Waals surface area contributed by atoms with Crippen LogP contribution in [-0.4, -0.2) is 23.5 Å². The van der Waals surface area contributed by atoms with Crippen molar-refractivity contribution in [3.05, 3.63) is 87.4 Å². The molecule has 0 atom stereocenters. The van der Waals surface area contributed by atoms with Gasteiger partial charge < -0.3 is 20.5 Å². The molecule has 172 valence electrons. The summed E-state index contributed by atoms with van der Waals surface area (Å²) in [5.74, 6) is -0.354. The first-order valence-electron chi connectivity index (χ1n) is 10.3. The standard InChI is InChI=1S/C26H22BrN3O4/c1-16-3-5-21(11-17(16)2)29-25(32)15-34-24-10-4-18(13-23(24)27)12-19(14-28)26(33)30-20-6-8-22(31)9-7-20/h3-13,31H,15H2,1-2H3,(H,29,32)(H,30,33)/b19-12+. The molecule has 0 saturated heterocycles. The van der Waals surface area contributed by atoms with E-state index in [9.17, 15) is 20.0 Å². The van der Waals surface area contributed by atoms with Crippen LogP contribution in [0.15, 0.2) is 70.7 Å². The molecule has 34 heavy (non-hydrogen) atoms. The molecule has 7 nitrogen and oxygen atoms in total. The predicted molar refractivity (Wildman–Crippen MR) is 135 cm³/mol. The summed E-state index contributed by atoms with van der Waals surface area (Å²) in [6.45, 7) is 3.80. The Kier molecular flexibility index (Phi) is 8.06. The fraction of sp³-hybridized carbons (Fsp3) is 0.115. The number of anilines is 2. The van der Waals surface area contributed by atoms with E-state index in [1.165, 1.54) is 30.3 Å². The third-order valence-corrected chi connectivity index (χ3v) is 5.53. The van der Waals surface area contributed by atoms with Crippen molar-refractivity contribution < 1.29 is 19.4 Å². The molecule has 0 bridgehead atoms. The van der Waals surface area contributed by atoms with Crippen LogP contribution in [0.2, 0.25) is 0 Å². The maximum Gasteiger partial charge on any atom is 0.266 e. The van der Waals surface area contributed by atoms with Crippen molar-refractivity contribution in [2.24, 2.45) is 0 Å². The molecule has 0 heterocycles. The van der Waals surface area contributed by atoms with Crippen LogP contribution in [0.1, 0.15) is 16.7 Å². The van der Waals surface area contributed by atoms with Crippen LogP contribution in [0.5, 0.6) is 11.5 Å². The highest BCUT2D eigenvalue weighted by Crippen LogP contribution is 2.27. The molecule has 3 rings (SSSR count). The van der Waals surface area contributed by atoms with Crippen LogP contribution in [-0.2, 0) is 9.59 Å². The van der Waals surface area contributed by atoms with Gasteiger partial charge in [0.05, 0.1) is 4.47 Å². The summed E-state index contributed by atoms with van der Waals surface area (Å²) >= 11 is 3.40. The predicted octanol–water partition coefficient (Wildman–Crippen LogP) is 5.33. The molecule has 3 aromatic rings. The Morgan fingerprint density at radius 1 is 1.00 bits per heavy atom. The number of hydrogen-bond acceptors (Lipinski definition) is 5. The molecule has 8 heteroatoms. The Labute approximate surface area is 205 Å². The number of phenolic OH excluding ortho intramolecular Hbond substituents is 1. The number of aromatic hydroxyl groups is 1. The molecule has 0 aliphatic carbocycles. The van der Waals surface area contributed by atoms with Crippen molar-refractivity contribution in [2.45, 2.75) is 13.8 Å². The van der Waals surface area contributed by atoms with Crippen LogP contribution in [0.3, 0.4) is 0 Å². The third-order valence-electron chi connectivity index (χ3n) is 4.91. The van der Waals surface area contributed by atoms with Crippen molar-refractivity contribution in [1.82, 2.24) is 0 Å². The molecule has 0 radical (unpaired) electrons. The van der Waals surface area contributed by atoms with Crippen molar-refractivity contribution >= 4 is 45.2 Å². The normalized spacial score (nSPS) is 10.8. The highest BCUT2D eigenvalue weighted by Gasteiger charge is 2.11. The largest absolute Gasteiger partial charge is 0.508 e. The summed E-state index contributed by atoms with van der Waals surface area (Å²) in [7, 11) is 0. The van der Waals surface area contributed by atoms with Gasteiger partial charge in [0, 0.05) is 11.4 Å². The van der Waals surface area contributed by atoms with Crippen LogP contribution >= 0.6 is 15.9 Å². The highest BCUT2D eigenvalue weighted by atomic mass is 79.9. The summed E-state index contributed by atoms with van der Waals surface area (Å²) in [6.07, 6.45) is 1.44. The molecule has 0 aliphatic heterocycles. The number of carbonyl (C=O) groups excluding carboxylic acids is 2. The topological polar surface area (TPSA) is 111 Å². The van der Waals surface area contributed by atoms with Gasteiger partial charge in [-0.15, -0.1) is 0 Å². The summed E-state index contributed by atoms with van der Waals surface area (Å²) in [5, 5.41) is 24.1. The number of nitrogens with one attached hydrogen (secondary N) is 2. The number of nitrogens with zero attached hydrogens (tertiary/aromatic N) is 1. The second-order valence-corrected chi connectivity index (χ2v) is 8.35. The Bertz CT molecular complexity index is 1290. The minimum absolute atomic E-state index is 0.0731. The molecule has 0 aliphatic rings. The van der Waals surface area contributed by atoms with E-state index in [2.05, 4.69) is 26.6 Å². The first-order valence-corrected chi connectivity index (χ1v) is 11.1. The second-order valence-electron chi connectivity index (χ2n) is 7.50. The van der Waals surface area contributed by atoms with Gasteiger partial charge in [-0.25, -0.2) is 0 Å². The van der Waals surface area contributed by atoms with Gasteiger partial charge >= 0.3 is 0 Å². The van der Waals surface area contributed by atoms with E-state index in [-0.39, 0.29) is 23.8 Å². The lowest BCUT2D eigenvalue weighted by molar-refractivity contribution is -0.118. The smallest absolute Gasteiger partial charge is 0.266 e. The van der Waals surface area contributed by atoms with Crippen LogP contribution in [0.25, 0.3) is 6.08 Å². The number of halogens is 1. The number of rotatable bonds is 7. The van der Waals surface area contributed by atoms with Gasteiger partial charge in [-0.1, -0.05) is 12.1 Å². The van der Waals surface area contributed by atoms with Crippen LogP contribution in [0, 0.1) is 25.2 Å². The summed E-state index contributed by atoms with van der Waals surface area (Å²) in [5.41, 5.74) is 3.87. The van der Waals surface area contributed by atoms with Gasteiger partial charge in [-0.05, 0) is 101 Å². The Morgan fingerprint density at radius 2 is 1.71 bits per heavy atom. The van der Waals surface area contributed by atoms with E-state index in [1.54, 1.807) is 18.2 Å². The van der Waals surface area contributed by atoms with Gasteiger partial charge in [-0.2, -0.15) is 5.26 Å². The number of benzene rings is 3. The van der Waals surface area contributed by atoms with Crippen molar-refractivity contribution in [3.8, 4) is 17.6 Å². The van der Waals surface area contributed by atoms with Gasteiger partial charge in [0.25, 0.3) is 11.8 Å². The summed E-state index contributed by atoms with van der Waals surface area (Å²) in [4.78, 5) is 24.6. The number of phenols is 1. The molecule has 0 aromatic heterocycles. The summed E-state index contributed by atoms with van der Waals surface area (Å²) < 4.78 is 6.17. The van der Waals surface area contributed by atoms with E-state index < -0.39 is 5.91 Å². The maximum absolute atomic E-state index is 12.4. The summed E-state index contributed by atoms with van der Waals surface area (Å²) in [6, 6.07) is 18.5. The zero-order valence-electron chi connectivity index (χ0n) is 18.6. The maximum atomic E-state index is 12.4. The van der Waals surface area contributed by atoms with Crippen LogP contribution < -0.4 is 15.4 Å². The average molecular weight is 520 g/mol. The zero-order valence-corrected chi connectivity index (χ0v) is 20.1. The quantitative estimate of drug-likeness (QED) is 0.221. The van der Waals surface area contributed by atoms with Gasteiger partial charge in [0.1, 0.15) is 23.1 Å². The highest BCUT2D eigenvalue weighted by molar-refractivity contribution is 9.10. The fourth-order valence-corrected chi connectivity index (χ4v) is 3.45. The number of aryl methyl sites for hydroxylation is 2. The molecule has 0 saturated carbocycles. The minimum Gasteiger partial charge on any atom is -0.508 e. The van der Waals surface area contributed by atoms with E-state index in [4.69, 9.17) is 4.74 Å². The Balaban J connectivity index is 1.62. The molecule has 0 fully saturated rings. The van der Waals surface area contributed by atoms with Crippen LogP contribution in [0.4, 0.5) is 11.4 Å². The Hall–Kier alpha value is -4.09. The zero-order chi connectivity index (χ0) is 24.7. The van der Waals surface area contributed by atoms with Crippen molar-refractivity contribution in [3.63, 3.8) is 0 Å².